The van der Waals surface area contributed by atoms with Gasteiger partial charge in [-0.25, -0.2) is 9.82 Å². The lowest BCUT2D eigenvalue weighted by Crippen LogP contribution is -2.24. The molecule has 0 aromatic heterocycles. The molecule has 0 saturated carbocycles. The number of anilines is 2. The van der Waals surface area contributed by atoms with Gasteiger partial charge in [-0.15, -0.1) is 6.58 Å². The van der Waals surface area contributed by atoms with Crippen LogP contribution in [0.4, 0.5) is 15.8 Å². The molecule has 3 aromatic carbocycles. The SMILES string of the molecule is C=CCc1cc(C=NNC(=O)CC(=O)Nc2ccccc2C)cc(OCC)c1OCC(=O)Nc1ccc(F)cc1. The summed E-state index contributed by atoms with van der Waals surface area (Å²) in [4.78, 5) is 36.8. The number of amides is 3. The van der Waals surface area contributed by atoms with Gasteiger partial charge in [0.15, 0.2) is 18.1 Å². The van der Waals surface area contributed by atoms with E-state index in [1.165, 1.54) is 30.5 Å². The maximum Gasteiger partial charge on any atom is 0.262 e. The molecule has 0 unspecified atom stereocenters. The van der Waals surface area contributed by atoms with Gasteiger partial charge in [0.05, 0.1) is 12.8 Å². The number of hydrazone groups is 1. The zero-order valence-corrected chi connectivity index (χ0v) is 22.3. The van der Waals surface area contributed by atoms with Gasteiger partial charge in [0.1, 0.15) is 12.2 Å². The van der Waals surface area contributed by atoms with Crippen molar-refractivity contribution in [3.05, 3.63) is 95.8 Å². The number of carbonyl (C=O) groups excluding carboxylic acids is 3. The molecule has 0 spiro atoms. The summed E-state index contributed by atoms with van der Waals surface area (Å²) in [7, 11) is 0. The number of benzene rings is 3. The molecule has 10 heteroatoms. The molecule has 0 heterocycles. The molecule has 0 bridgehead atoms. The van der Waals surface area contributed by atoms with E-state index in [2.05, 4.69) is 27.7 Å². The number of rotatable bonds is 13. The van der Waals surface area contributed by atoms with Crippen molar-refractivity contribution in [3.8, 4) is 11.5 Å². The number of allylic oxidation sites excluding steroid dienone is 1. The Balaban J connectivity index is 1.64. The Labute approximate surface area is 232 Å². The van der Waals surface area contributed by atoms with E-state index in [0.717, 1.165) is 5.56 Å². The minimum Gasteiger partial charge on any atom is -0.490 e. The predicted octanol–water partition coefficient (Wildman–Crippen LogP) is 4.76. The first-order valence-corrected chi connectivity index (χ1v) is 12.5. The molecule has 9 nitrogen and oxygen atoms in total. The third-order valence-corrected chi connectivity index (χ3v) is 5.44. The Kier molecular flexibility index (Phi) is 11.0. The number of para-hydroxylation sites is 1. The summed E-state index contributed by atoms with van der Waals surface area (Å²) in [6.45, 7) is 7.46. The maximum absolute atomic E-state index is 13.1. The molecule has 0 aliphatic carbocycles. The number of aryl methyl sites for hydroxylation is 1. The van der Waals surface area contributed by atoms with Gasteiger partial charge in [-0.2, -0.15) is 5.10 Å². The highest BCUT2D eigenvalue weighted by molar-refractivity contribution is 6.04. The smallest absolute Gasteiger partial charge is 0.262 e. The molecular formula is C30H31FN4O5. The fourth-order valence-corrected chi connectivity index (χ4v) is 3.63. The Morgan fingerprint density at radius 1 is 0.975 bits per heavy atom. The fraction of sp³-hybridized carbons (Fsp3) is 0.200. The van der Waals surface area contributed by atoms with Gasteiger partial charge in [0.2, 0.25) is 11.8 Å². The Morgan fingerprint density at radius 2 is 1.73 bits per heavy atom. The molecular weight excluding hydrogens is 515 g/mol. The Morgan fingerprint density at radius 3 is 2.42 bits per heavy atom. The summed E-state index contributed by atoms with van der Waals surface area (Å²) >= 11 is 0. The minimum absolute atomic E-state index is 0.310. The molecule has 3 aromatic rings. The molecule has 40 heavy (non-hydrogen) atoms. The second-order valence-corrected chi connectivity index (χ2v) is 8.61. The molecule has 3 rings (SSSR count). The van der Waals surface area contributed by atoms with Crippen molar-refractivity contribution in [1.82, 2.24) is 5.43 Å². The quantitative estimate of drug-likeness (QED) is 0.124. The average Bonchev–Trinajstić information content (AvgIpc) is 2.91. The Bertz CT molecular complexity index is 1390. The predicted molar refractivity (Wildman–Crippen MR) is 152 cm³/mol. The van der Waals surface area contributed by atoms with Crippen LogP contribution in [-0.2, 0) is 20.8 Å². The van der Waals surface area contributed by atoms with Crippen LogP contribution < -0.4 is 25.5 Å². The van der Waals surface area contributed by atoms with E-state index in [-0.39, 0.29) is 6.61 Å². The van der Waals surface area contributed by atoms with Crippen LogP contribution in [0.3, 0.4) is 0 Å². The third-order valence-electron chi connectivity index (χ3n) is 5.44. The van der Waals surface area contributed by atoms with Crippen LogP contribution >= 0.6 is 0 Å². The van der Waals surface area contributed by atoms with E-state index in [1.807, 2.05) is 19.1 Å². The monoisotopic (exact) mass is 546 g/mol. The number of carbonyl (C=O) groups is 3. The molecule has 3 amide bonds. The van der Waals surface area contributed by atoms with Gasteiger partial charge in [0.25, 0.3) is 5.91 Å². The van der Waals surface area contributed by atoms with Crippen molar-refractivity contribution in [2.24, 2.45) is 5.10 Å². The number of nitrogens with one attached hydrogen (secondary N) is 3. The summed E-state index contributed by atoms with van der Waals surface area (Å²) in [5.41, 5.74) is 5.58. The van der Waals surface area contributed by atoms with Crippen LogP contribution in [0.15, 0.2) is 78.4 Å². The van der Waals surface area contributed by atoms with Crippen LogP contribution in [0.1, 0.15) is 30.0 Å². The van der Waals surface area contributed by atoms with Crippen LogP contribution in [-0.4, -0.2) is 37.1 Å². The first-order chi connectivity index (χ1) is 19.3. The first kappa shape index (κ1) is 29.6. The van der Waals surface area contributed by atoms with E-state index < -0.39 is 30.0 Å². The lowest BCUT2D eigenvalue weighted by atomic mass is 10.1. The van der Waals surface area contributed by atoms with Crippen molar-refractivity contribution in [1.29, 1.82) is 0 Å². The van der Waals surface area contributed by atoms with Gasteiger partial charge in [-0.3, -0.25) is 14.4 Å². The van der Waals surface area contributed by atoms with Crippen molar-refractivity contribution in [2.75, 3.05) is 23.8 Å². The second kappa shape index (κ2) is 14.8. The van der Waals surface area contributed by atoms with Gasteiger partial charge < -0.3 is 20.1 Å². The Hall–Kier alpha value is -4.99. The number of hydrogen-bond acceptors (Lipinski definition) is 6. The van der Waals surface area contributed by atoms with Gasteiger partial charge in [-0.1, -0.05) is 24.3 Å². The number of nitrogens with zero attached hydrogens (tertiary/aromatic N) is 1. The summed E-state index contributed by atoms with van der Waals surface area (Å²) in [5.74, 6) is -1.13. The average molecular weight is 547 g/mol. The molecule has 0 aliphatic heterocycles. The number of hydrogen-bond donors (Lipinski definition) is 3. The maximum atomic E-state index is 13.1. The standard InChI is InChI=1S/C30H31FN4O5/c1-4-8-22-15-21(18-32-35-28(37)17-27(36)34-25-10-7-6-9-20(25)3)16-26(39-5-2)30(22)40-19-29(38)33-24-13-11-23(31)12-14-24/h4,6-7,9-16,18H,1,5,8,17,19H2,2-3H3,(H,33,38)(H,34,36)(H,35,37). The van der Waals surface area contributed by atoms with Crippen LogP contribution in [0.5, 0.6) is 11.5 Å². The summed E-state index contributed by atoms with van der Waals surface area (Å²) in [5, 5.41) is 9.30. The van der Waals surface area contributed by atoms with E-state index in [9.17, 15) is 18.8 Å². The molecule has 0 radical (unpaired) electrons. The van der Waals surface area contributed by atoms with Gasteiger partial charge in [0, 0.05) is 16.9 Å². The van der Waals surface area contributed by atoms with Gasteiger partial charge in [-0.05, 0) is 73.9 Å². The molecule has 208 valence electrons. The zero-order valence-electron chi connectivity index (χ0n) is 22.3. The van der Waals surface area contributed by atoms with Crippen molar-refractivity contribution in [2.45, 2.75) is 26.7 Å². The lowest BCUT2D eigenvalue weighted by Gasteiger charge is -2.16. The second-order valence-electron chi connectivity index (χ2n) is 8.61. The highest BCUT2D eigenvalue weighted by Gasteiger charge is 2.15. The molecule has 0 aliphatic rings. The zero-order chi connectivity index (χ0) is 28.9. The van der Waals surface area contributed by atoms with E-state index >= 15 is 0 Å². The largest absolute Gasteiger partial charge is 0.490 e. The fourth-order valence-electron chi connectivity index (χ4n) is 3.63. The third kappa shape index (κ3) is 9.09. The molecule has 0 fully saturated rings. The molecule has 0 atom stereocenters. The number of halogens is 1. The van der Waals surface area contributed by atoms with Crippen molar-refractivity contribution >= 4 is 35.3 Å². The number of ether oxygens (including phenoxy) is 2. The van der Waals surface area contributed by atoms with Crippen molar-refractivity contribution < 1.29 is 28.2 Å². The topological polar surface area (TPSA) is 118 Å². The van der Waals surface area contributed by atoms with Crippen LogP contribution in [0.25, 0.3) is 0 Å². The highest BCUT2D eigenvalue weighted by Crippen LogP contribution is 2.33. The van der Waals surface area contributed by atoms with E-state index in [4.69, 9.17) is 9.47 Å². The van der Waals surface area contributed by atoms with E-state index in [0.29, 0.717) is 47.0 Å². The highest BCUT2D eigenvalue weighted by atomic mass is 19.1. The first-order valence-electron chi connectivity index (χ1n) is 12.5. The normalized spacial score (nSPS) is 10.6. The van der Waals surface area contributed by atoms with Crippen LogP contribution in [0.2, 0.25) is 0 Å². The lowest BCUT2D eigenvalue weighted by molar-refractivity contribution is -0.126. The summed E-state index contributed by atoms with van der Waals surface area (Å²) in [6, 6.07) is 16.1. The van der Waals surface area contributed by atoms with E-state index in [1.54, 1.807) is 37.3 Å². The van der Waals surface area contributed by atoms with Gasteiger partial charge >= 0.3 is 0 Å². The molecule has 0 saturated heterocycles. The van der Waals surface area contributed by atoms with Crippen molar-refractivity contribution in [3.63, 3.8) is 0 Å². The van der Waals surface area contributed by atoms with Crippen LogP contribution in [0, 0.1) is 12.7 Å². The summed E-state index contributed by atoms with van der Waals surface area (Å²) in [6.07, 6.45) is 3.09. The molecule has 3 N–H and O–H groups in total. The summed E-state index contributed by atoms with van der Waals surface area (Å²) < 4.78 is 24.7. The minimum atomic E-state index is -0.578.